The molecule has 0 radical (unpaired) electrons. The summed E-state index contributed by atoms with van der Waals surface area (Å²) in [6, 6.07) is 4.58. The average Bonchev–Trinajstić information content (AvgIpc) is 2.25. The van der Waals surface area contributed by atoms with Crippen LogP contribution in [-0.4, -0.2) is 34.2 Å². The SMILES string of the molecule is CC(C)N(CCCO)Cc1ccncc1. The number of aliphatic hydroxyl groups excluding tert-OH is 1. The molecule has 3 nitrogen and oxygen atoms in total. The largest absolute Gasteiger partial charge is 0.396 e. The Morgan fingerprint density at radius 3 is 2.53 bits per heavy atom. The Morgan fingerprint density at radius 1 is 1.33 bits per heavy atom. The molecule has 0 aromatic carbocycles. The Bertz CT molecular complexity index is 262. The lowest BCUT2D eigenvalue weighted by molar-refractivity contribution is 0.185. The molecule has 3 heteroatoms. The molecule has 15 heavy (non-hydrogen) atoms. The van der Waals surface area contributed by atoms with Crippen molar-refractivity contribution in [3.8, 4) is 0 Å². The van der Waals surface area contributed by atoms with Crippen LogP contribution in [0.2, 0.25) is 0 Å². The molecule has 0 spiro atoms. The van der Waals surface area contributed by atoms with E-state index < -0.39 is 0 Å². The topological polar surface area (TPSA) is 36.4 Å². The first-order valence-electron chi connectivity index (χ1n) is 5.48. The van der Waals surface area contributed by atoms with Gasteiger partial charge in [0.1, 0.15) is 0 Å². The second-order valence-electron chi connectivity index (χ2n) is 4.00. The van der Waals surface area contributed by atoms with E-state index in [-0.39, 0.29) is 6.61 Å². The van der Waals surface area contributed by atoms with Crippen LogP contribution in [0.25, 0.3) is 0 Å². The maximum Gasteiger partial charge on any atom is 0.0443 e. The smallest absolute Gasteiger partial charge is 0.0443 e. The molecule has 1 aromatic rings. The zero-order chi connectivity index (χ0) is 11.1. The van der Waals surface area contributed by atoms with Crippen molar-refractivity contribution in [2.45, 2.75) is 32.9 Å². The van der Waals surface area contributed by atoms with Gasteiger partial charge in [-0.2, -0.15) is 0 Å². The van der Waals surface area contributed by atoms with Crippen molar-refractivity contribution in [1.29, 1.82) is 0 Å². The third-order valence-corrected chi connectivity index (χ3v) is 2.47. The third-order valence-electron chi connectivity index (χ3n) is 2.47. The molecular weight excluding hydrogens is 188 g/mol. The Hall–Kier alpha value is -0.930. The first-order chi connectivity index (χ1) is 7.24. The highest BCUT2D eigenvalue weighted by Gasteiger charge is 2.08. The van der Waals surface area contributed by atoms with Gasteiger partial charge in [0.15, 0.2) is 0 Å². The van der Waals surface area contributed by atoms with E-state index in [2.05, 4.69) is 23.7 Å². The van der Waals surface area contributed by atoms with Crippen molar-refractivity contribution in [3.05, 3.63) is 30.1 Å². The lowest BCUT2D eigenvalue weighted by Gasteiger charge is -2.26. The molecular formula is C12H20N2O. The fraction of sp³-hybridized carbons (Fsp3) is 0.583. The molecule has 0 unspecified atom stereocenters. The van der Waals surface area contributed by atoms with Gasteiger partial charge >= 0.3 is 0 Å². The Labute approximate surface area is 91.8 Å². The third kappa shape index (κ3) is 4.40. The summed E-state index contributed by atoms with van der Waals surface area (Å²) in [5, 5.41) is 8.83. The van der Waals surface area contributed by atoms with Crippen molar-refractivity contribution in [1.82, 2.24) is 9.88 Å². The van der Waals surface area contributed by atoms with Crippen LogP contribution in [0.3, 0.4) is 0 Å². The predicted molar refractivity (Wildman–Crippen MR) is 61.5 cm³/mol. The van der Waals surface area contributed by atoms with E-state index in [0.717, 1.165) is 19.5 Å². The van der Waals surface area contributed by atoms with E-state index in [1.165, 1.54) is 5.56 Å². The Morgan fingerprint density at radius 2 is 2.00 bits per heavy atom. The van der Waals surface area contributed by atoms with Gasteiger partial charge in [-0.3, -0.25) is 9.88 Å². The molecule has 0 amide bonds. The highest BCUT2D eigenvalue weighted by molar-refractivity contribution is 5.09. The quantitative estimate of drug-likeness (QED) is 0.772. The van der Waals surface area contributed by atoms with Gasteiger partial charge in [-0.15, -0.1) is 0 Å². The van der Waals surface area contributed by atoms with Crippen LogP contribution in [0, 0.1) is 0 Å². The molecule has 0 aliphatic rings. The maximum absolute atomic E-state index is 8.83. The summed E-state index contributed by atoms with van der Waals surface area (Å²) < 4.78 is 0. The van der Waals surface area contributed by atoms with Gasteiger partial charge in [0.05, 0.1) is 0 Å². The molecule has 0 fully saturated rings. The molecule has 1 N–H and O–H groups in total. The Kier molecular flexibility index (Phi) is 5.29. The number of aliphatic hydroxyl groups is 1. The zero-order valence-electron chi connectivity index (χ0n) is 9.56. The molecule has 0 atom stereocenters. The summed E-state index contributed by atoms with van der Waals surface area (Å²) >= 11 is 0. The van der Waals surface area contributed by atoms with E-state index >= 15 is 0 Å². The second kappa shape index (κ2) is 6.53. The van der Waals surface area contributed by atoms with Crippen molar-refractivity contribution < 1.29 is 5.11 Å². The van der Waals surface area contributed by atoms with Crippen molar-refractivity contribution >= 4 is 0 Å². The van der Waals surface area contributed by atoms with E-state index in [0.29, 0.717) is 6.04 Å². The minimum Gasteiger partial charge on any atom is -0.396 e. The molecule has 1 rings (SSSR count). The maximum atomic E-state index is 8.83. The summed E-state index contributed by atoms with van der Waals surface area (Å²) in [4.78, 5) is 6.35. The van der Waals surface area contributed by atoms with E-state index in [1.54, 1.807) is 0 Å². The van der Waals surface area contributed by atoms with Crippen LogP contribution in [-0.2, 0) is 6.54 Å². The van der Waals surface area contributed by atoms with E-state index in [9.17, 15) is 0 Å². The molecule has 0 saturated carbocycles. The van der Waals surface area contributed by atoms with Gasteiger partial charge in [0, 0.05) is 38.1 Å². The lowest BCUT2D eigenvalue weighted by Crippen LogP contribution is -2.31. The van der Waals surface area contributed by atoms with Crippen molar-refractivity contribution in [3.63, 3.8) is 0 Å². The number of hydrogen-bond acceptors (Lipinski definition) is 3. The van der Waals surface area contributed by atoms with Gasteiger partial charge in [0.25, 0.3) is 0 Å². The van der Waals surface area contributed by atoms with Crippen LogP contribution in [0.5, 0.6) is 0 Å². The first-order valence-corrected chi connectivity index (χ1v) is 5.48. The second-order valence-corrected chi connectivity index (χ2v) is 4.00. The summed E-state index contributed by atoms with van der Waals surface area (Å²) in [6.45, 7) is 6.49. The minimum atomic E-state index is 0.263. The molecule has 0 aliphatic carbocycles. The predicted octanol–water partition coefficient (Wildman–Crippen LogP) is 1.67. The zero-order valence-corrected chi connectivity index (χ0v) is 9.56. The standard InChI is InChI=1S/C12H20N2O/c1-11(2)14(8-3-9-15)10-12-4-6-13-7-5-12/h4-7,11,15H,3,8-10H2,1-2H3. The summed E-state index contributed by atoms with van der Waals surface area (Å²) in [5.74, 6) is 0. The minimum absolute atomic E-state index is 0.263. The number of hydrogen-bond donors (Lipinski definition) is 1. The van der Waals surface area contributed by atoms with Crippen LogP contribution in [0.15, 0.2) is 24.5 Å². The van der Waals surface area contributed by atoms with Crippen LogP contribution in [0.4, 0.5) is 0 Å². The van der Waals surface area contributed by atoms with Gasteiger partial charge in [0.2, 0.25) is 0 Å². The van der Waals surface area contributed by atoms with Gasteiger partial charge in [-0.25, -0.2) is 0 Å². The Balaban J connectivity index is 2.51. The highest BCUT2D eigenvalue weighted by Crippen LogP contribution is 2.07. The molecule has 0 aliphatic heterocycles. The fourth-order valence-electron chi connectivity index (χ4n) is 1.52. The van der Waals surface area contributed by atoms with Crippen LogP contribution >= 0.6 is 0 Å². The van der Waals surface area contributed by atoms with Crippen LogP contribution < -0.4 is 0 Å². The van der Waals surface area contributed by atoms with Gasteiger partial charge < -0.3 is 5.11 Å². The number of rotatable bonds is 6. The van der Waals surface area contributed by atoms with Crippen LogP contribution in [0.1, 0.15) is 25.8 Å². The molecule has 84 valence electrons. The molecule has 1 heterocycles. The summed E-state index contributed by atoms with van der Waals surface area (Å²) in [7, 11) is 0. The fourth-order valence-corrected chi connectivity index (χ4v) is 1.52. The first kappa shape index (κ1) is 12.1. The summed E-state index contributed by atoms with van der Waals surface area (Å²) in [5.41, 5.74) is 1.27. The number of pyridine rings is 1. The van der Waals surface area contributed by atoms with E-state index in [1.807, 2.05) is 24.5 Å². The monoisotopic (exact) mass is 208 g/mol. The lowest BCUT2D eigenvalue weighted by atomic mass is 10.2. The van der Waals surface area contributed by atoms with Crippen molar-refractivity contribution in [2.24, 2.45) is 0 Å². The van der Waals surface area contributed by atoms with Gasteiger partial charge in [-0.1, -0.05) is 0 Å². The molecule has 0 saturated heterocycles. The molecule has 0 bridgehead atoms. The molecule has 1 aromatic heterocycles. The summed E-state index contributed by atoms with van der Waals surface area (Å²) in [6.07, 6.45) is 4.48. The number of nitrogens with zero attached hydrogens (tertiary/aromatic N) is 2. The number of aromatic nitrogens is 1. The normalized spacial score (nSPS) is 11.3. The van der Waals surface area contributed by atoms with Crippen molar-refractivity contribution in [2.75, 3.05) is 13.2 Å². The van der Waals surface area contributed by atoms with Gasteiger partial charge in [-0.05, 0) is 38.0 Å². The van der Waals surface area contributed by atoms with E-state index in [4.69, 9.17) is 5.11 Å². The average molecular weight is 208 g/mol. The highest BCUT2D eigenvalue weighted by atomic mass is 16.3.